The predicted molar refractivity (Wildman–Crippen MR) is 123 cm³/mol. The SMILES string of the molecule is CC(C)(Oc1ccccc1)C(=O)Nc1ccc(-c2cc3ccccc3oc2=O)c(Cl)c1. The van der Waals surface area contributed by atoms with Crippen LogP contribution < -0.4 is 15.7 Å². The lowest BCUT2D eigenvalue weighted by Crippen LogP contribution is -2.42. The molecule has 4 aromatic rings. The molecule has 0 spiro atoms. The maximum Gasteiger partial charge on any atom is 0.344 e. The van der Waals surface area contributed by atoms with Gasteiger partial charge in [0.2, 0.25) is 0 Å². The standard InChI is InChI=1S/C25H20ClNO4/c1-25(2,31-18-9-4-3-5-10-18)24(29)27-17-12-13-19(21(26)15-17)20-14-16-8-6-7-11-22(16)30-23(20)28/h3-15H,1-2H3,(H,27,29). The fraction of sp³-hybridized carbons (Fsp3) is 0.120. The summed E-state index contributed by atoms with van der Waals surface area (Å²) in [6, 6.07) is 23.1. The number of benzene rings is 3. The maximum absolute atomic E-state index is 12.8. The van der Waals surface area contributed by atoms with Crippen LogP contribution in [0.25, 0.3) is 22.1 Å². The highest BCUT2D eigenvalue weighted by atomic mass is 35.5. The molecule has 31 heavy (non-hydrogen) atoms. The molecule has 0 aliphatic heterocycles. The molecule has 0 aliphatic carbocycles. The zero-order valence-electron chi connectivity index (χ0n) is 17.0. The minimum atomic E-state index is -1.11. The number of amides is 1. The summed E-state index contributed by atoms with van der Waals surface area (Å²) in [5.74, 6) is 0.268. The Morgan fingerprint density at radius 3 is 2.39 bits per heavy atom. The normalized spacial score (nSPS) is 11.3. The van der Waals surface area contributed by atoms with E-state index in [4.69, 9.17) is 20.8 Å². The van der Waals surface area contributed by atoms with E-state index in [9.17, 15) is 9.59 Å². The van der Waals surface area contributed by atoms with Gasteiger partial charge in [0.05, 0.1) is 10.6 Å². The van der Waals surface area contributed by atoms with Crippen LogP contribution in [-0.4, -0.2) is 11.5 Å². The molecule has 0 unspecified atom stereocenters. The molecular formula is C25H20ClNO4. The number of hydrogen-bond donors (Lipinski definition) is 1. The fourth-order valence-corrected chi connectivity index (χ4v) is 3.45. The third kappa shape index (κ3) is 4.47. The van der Waals surface area contributed by atoms with Gasteiger partial charge in [-0.2, -0.15) is 0 Å². The van der Waals surface area contributed by atoms with E-state index in [1.54, 1.807) is 62.4 Å². The van der Waals surface area contributed by atoms with Crippen LogP contribution in [0.4, 0.5) is 5.69 Å². The van der Waals surface area contributed by atoms with Crippen molar-refractivity contribution in [1.82, 2.24) is 0 Å². The van der Waals surface area contributed by atoms with Crippen LogP contribution in [0.5, 0.6) is 5.75 Å². The molecule has 4 rings (SSSR count). The van der Waals surface area contributed by atoms with Crippen molar-refractivity contribution in [3.8, 4) is 16.9 Å². The van der Waals surface area contributed by atoms with E-state index in [2.05, 4.69) is 5.32 Å². The van der Waals surface area contributed by atoms with E-state index in [1.165, 1.54) is 0 Å². The number of para-hydroxylation sites is 2. The number of anilines is 1. The van der Waals surface area contributed by atoms with Gasteiger partial charge in [-0.15, -0.1) is 0 Å². The summed E-state index contributed by atoms with van der Waals surface area (Å²) >= 11 is 6.45. The van der Waals surface area contributed by atoms with Crippen molar-refractivity contribution in [3.05, 3.63) is 94.3 Å². The first-order valence-corrected chi connectivity index (χ1v) is 10.1. The Kier molecular flexibility index (Phi) is 5.53. The first-order chi connectivity index (χ1) is 14.8. The van der Waals surface area contributed by atoms with Crippen molar-refractivity contribution in [2.45, 2.75) is 19.4 Å². The summed E-state index contributed by atoms with van der Waals surface area (Å²) in [5, 5.41) is 3.93. The molecule has 6 heteroatoms. The van der Waals surface area contributed by atoms with E-state index >= 15 is 0 Å². The highest BCUT2D eigenvalue weighted by molar-refractivity contribution is 6.33. The molecule has 0 fully saturated rings. The number of halogens is 1. The van der Waals surface area contributed by atoms with E-state index in [-0.39, 0.29) is 5.91 Å². The number of fused-ring (bicyclic) bond motifs is 1. The molecule has 0 atom stereocenters. The number of ether oxygens (including phenoxy) is 1. The highest BCUT2D eigenvalue weighted by Crippen LogP contribution is 2.30. The van der Waals surface area contributed by atoms with E-state index in [0.717, 1.165) is 5.39 Å². The van der Waals surface area contributed by atoms with Crippen LogP contribution in [0.2, 0.25) is 5.02 Å². The van der Waals surface area contributed by atoms with Gasteiger partial charge in [-0.1, -0.05) is 54.1 Å². The molecule has 1 N–H and O–H groups in total. The van der Waals surface area contributed by atoms with Gasteiger partial charge in [-0.3, -0.25) is 4.79 Å². The quantitative estimate of drug-likeness (QED) is 0.397. The summed E-state index contributed by atoms with van der Waals surface area (Å²) in [5.41, 5.74) is 0.306. The van der Waals surface area contributed by atoms with Gasteiger partial charge in [0.15, 0.2) is 5.60 Å². The van der Waals surface area contributed by atoms with Crippen LogP contribution >= 0.6 is 11.6 Å². The number of rotatable bonds is 5. The molecular weight excluding hydrogens is 414 g/mol. The molecule has 1 aromatic heterocycles. The van der Waals surface area contributed by atoms with E-state index in [1.807, 2.05) is 30.3 Å². The van der Waals surface area contributed by atoms with Gasteiger partial charge in [0.1, 0.15) is 11.3 Å². The largest absolute Gasteiger partial charge is 0.478 e. The van der Waals surface area contributed by atoms with Crippen LogP contribution in [0.1, 0.15) is 13.8 Å². The van der Waals surface area contributed by atoms with Gasteiger partial charge in [-0.05, 0) is 50.2 Å². The number of nitrogens with one attached hydrogen (secondary N) is 1. The van der Waals surface area contributed by atoms with E-state index in [0.29, 0.717) is 33.2 Å². The van der Waals surface area contributed by atoms with Crippen LogP contribution in [0, 0.1) is 0 Å². The maximum atomic E-state index is 12.8. The van der Waals surface area contributed by atoms with Crippen molar-refractivity contribution in [2.75, 3.05) is 5.32 Å². The van der Waals surface area contributed by atoms with Crippen molar-refractivity contribution < 1.29 is 13.9 Å². The summed E-state index contributed by atoms with van der Waals surface area (Å²) in [6.45, 7) is 3.37. The summed E-state index contributed by atoms with van der Waals surface area (Å²) in [4.78, 5) is 25.2. The first-order valence-electron chi connectivity index (χ1n) is 9.72. The molecule has 0 aliphatic rings. The Morgan fingerprint density at radius 2 is 1.65 bits per heavy atom. The van der Waals surface area contributed by atoms with Crippen molar-refractivity contribution in [1.29, 1.82) is 0 Å². The summed E-state index contributed by atoms with van der Waals surface area (Å²) < 4.78 is 11.2. The summed E-state index contributed by atoms with van der Waals surface area (Å²) in [7, 11) is 0. The smallest absolute Gasteiger partial charge is 0.344 e. The lowest BCUT2D eigenvalue weighted by molar-refractivity contribution is -0.128. The number of carbonyl (C=O) groups is 1. The third-order valence-corrected chi connectivity index (χ3v) is 5.13. The zero-order chi connectivity index (χ0) is 22.0. The van der Waals surface area contributed by atoms with E-state index < -0.39 is 11.2 Å². The second-order valence-electron chi connectivity index (χ2n) is 7.56. The second kappa shape index (κ2) is 8.28. The van der Waals surface area contributed by atoms with Crippen LogP contribution in [-0.2, 0) is 4.79 Å². The molecule has 1 heterocycles. The molecule has 0 bridgehead atoms. The van der Waals surface area contributed by atoms with Crippen LogP contribution in [0.15, 0.2) is 88.1 Å². The Balaban J connectivity index is 1.57. The molecule has 0 saturated carbocycles. The molecule has 0 radical (unpaired) electrons. The van der Waals surface area contributed by atoms with Crippen molar-refractivity contribution >= 4 is 34.2 Å². The molecule has 5 nitrogen and oxygen atoms in total. The predicted octanol–water partition coefficient (Wildman–Crippen LogP) is 5.91. The lowest BCUT2D eigenvalue weighted by atomic mass is 10.0. The van der Waals surface area contributed by atoms with Gasteiger partial charge >= 0.3 is 5.63 Å². The van der Waals surface area contributed by atoms with Gasteiger partial charge < -0.3 is 14.5 Å². The van der Waals surface area contributed by atoms with Crippen molar-refractivity contribution in [2.24, 2.45) is 0 Å². The lowest BCUT2D eigenvalue weighted by Gasteiger charge is -2.25. The third-order valence-electron chi connectivity index (χ3n) is 4.82. The average molecular weight is 434 g/mol. The van der Waals surface area contributed by atoms with Gasteiger partial charge in [-0.25, -0.2) is 4.79 Å². The van der Waals surface area contributed by atoms with Gasteiger partial charge in [0.25, 0.3) is 5.91 Å². The minimum absolute atomic E-state index is 0.321. The number of carbonyl (C=O) groups excluding carboxylic acids is 1. The van der Waals surface area contributed by atoms with Gasteiger partial charge in [0, 0.05) is 16.6 Å². The Labute approximate surface area is 184 Å². The topological polar surface area (TPSA) is 68.5 Å². The second-order valence-corrected chi connectivity index (χ2v) is 7.97. The average Bonchev–Trinajstić information content (AvgIpc) is 2.74. The fourth-order valence-electron chi connectivity index (χ4n) is 3.17. The first kappa shape index (κ1) is 20.7. The minimum Gasteiger partial charge on any atom is -0.478 e. The molecule has 156 valence electrons. The van der Waals surface area contributed by atoms with Crippen LogP contribution in [0.3, 0.4) is 0 Å². The Hall–Kier alpha value is -3.57. The number of hydrogen-bond acceptors (Lipinski definition) is 4. The molecule has 3 aromatic carbocycles. The zero-order valence-corrected chi connectivity index (χ0v) is 17.8. The molecule has 1 amide bonds. The summed E-state index contributed by atoms with van der Waals surface area (Å²) in [6.07, 6.45) is 0. The molecule has 0 saturated heterocycles. The monoisotopic (exact) mass is 433 g/mol. The Morgan fingerprint density at radius 1 is 0.935 bits per heavy atom. The van der Waals surface area contributed by atoms with Crippen molar-refractivity contribution in [3.63, 3.8) is 0 Å². The highest BCUT2D eigenvalue weighted by Gasteiger charge is 2.30. The Bertz CT molecular complexity index is 1310.